The third kappa shape index (κ3) is 7.04. The van der Waals surface area contributed by atoms with Gasteiger partial charge >= 0.3 is 6.18 Å². The Bertz CT molecular complexity index is 1030. The molecule has 6 nitrogen and oxygen atoms in total. The highest BCUT2D eigenvalue weighted by Crippen LogP contribution is 2.23. The van der Waals surface area contributed by atoms with Gasteiger partial charge < -0.3 is 15.4 Å². The number of hydrogen-bond acceptors (Lipinski definition) is 3. The van der Waals surface area contributed by atoms with Crippen molar-refractivity contribution >= 4 is 5.96 Å². The first kappa shape index (κ1) is 23.2. The molecule has 32 heavy (non-hydrogen) atoms. The molecule has 0 atom stereocenters. The number of hydrogen-bond donors (Lipinski definition) is 2. The van der Waals surface area contributed by atoms with Crippen molar-refractivity contribution in [2.24, 2.45) is 4.99 Å². The zero-order chi connectivity index (χ0) is 23.0. The molecular weight excluding hydrogens is 419 g/mol. The molecule has 0 aliphatic heterocycles. The number of aromatic nitrogens is 2. The average Bonchev–Trinajstić information content (AvgIpc) is 3.27. The van der Waals surface area contributed by atoms with Crippen LogP contribution in [0.4, 0.5) is 13.2 Å². The van der Waals surface area contributed by atoms with E-state index < -0.39 is 12.8 Å². The van der Waals surface area contributed by atoms with Crippen LogP contribution in [0, 0.1) is 6.92 Å². The Kier molecular flexibility index (Phi) is 7.75. The molecule has 0 saturated heterocycles. The van der Waals surface area contributed by atoms with Crippen molar-refractivity contribution < 1.29 is 17.9 Å². The summed E-state index contributed by atoms with van der Waals surface area (Å²) in [6.45, 7) is 1.92. The van der Waals surface area contributed by atoms with Crippen molar-refractivity contribution in [2.45, 2.75) is 32.7 Å². The van der Waals surface area contributed by atoms with Crippen molar-refractivity contribution in [3.8, 4) is 5.75 Å². The van der Waals surface area contributed by atoms with Gasteiger partial charge in [0.05, 0.1) is 6.54 Å². The van der Waals surface area contributed by atoms with Crippen LogP contribution >= 0.6 is 0 Å². The van der Waals surface area contributed by atoms with Crippen LogP contribution in [0.2, 0.25) is 0 Å². The molecule has 1 heterocycles. The summed E-state index contributed by atoms with van der Waals surface area (Å²) in [5.74, 6) is 0.732. The molecule has 2 N–H and O–H groups in total. The molecule has 3 rings (SSSR count). The fourth-order valence-corrected chi connectivity index (χ4v) is 3.13. The summed E-state index contributed by atoms with van der Waals surface area (Å²) in [5.41, 5.74) is 3.65. The number of halogens is 3. The van der Waals surface area contributed by atoms with E-state index in [2.05, 4.69) is 20.7 Å². The normalized spacial score (nSPS) is 12.0. The minimum atomic E-state index is -4.39. The zero-order valence-corrected chi connectivity index (χ0v) is 18.0. The summed E-state index contributed by atoms with van der Waals surface area (Å²) < 4.78 is 44.6. The molecule has 170 valence electrons. The van der Waals surface area contributed by atoms with Crippen LogP contribution in [0.1, 0.15) is 22.3 Å². The van der Waals surface area contributed by atoms with E-state index in [0.717, 1.165) is 16.7 Å². The van der Waals surface area contributed by atoms with Gasteiger partial charge in [0.2, 0.25) is 0 Å². The number of rotatable bonds is 8. The van der Waals surface area contributed by atoms with Crippen LogP contribution in [-0.2, 0) is 19.6 Å². The third-order valence-corrected chi connectivity index (χ3v) is 4.74. The van der Waals surface area contributed by atoms with E-state index in [1.54, 1.807) is 32.3 Å². The van der Waals surface area contributed by atoms with Crippen LogP contribution in [0.15, 0.2) is 65.9 Å². The maximum atomic E-state index is 12.6. The molecule has 3 aromatic rings. The van der Waals surface area contributed by atoms with Crippen molar-refractivity contribution in [2.75, 3.05) is 13.7 Å². The lowest BCUT2D eigenvalue weighted by Gasteiger charge is -2.17. The fraction of sp³-hybridized carbons (Fsp3) is 0.304. The lowest BCUT2D eigenvalue weighted by atomic mass is 10.1. The van der Waals surface area contributed by atoms with Crippen molar-refractivity contribution in [3.63, 3.8) is 0 Å². The molecule has 0 spiro atoms. The van der Waals surface area contributed by atoms with Crippen LogP contribution in [-0.4, -0.2) is 35.6 Å². The zero-order valence-electron chi connectivity index (χ0n) is 18.0. The second kappa shape index (κ2) is 10.7. The number of alkyl halides is 3. The molecule has 0 saturated carbocycles. The highest BCUT2D eigenvalue weighted by atomic mass is 19.4. The standard InChI is InChI=1S/C23H26F3N5O/c1-17-8-9-19(21(12-17)32-16-23(24,25)26)14-29-22(27-2)28-13-18-6-3-4-7-20(18)15-31-11-5-10-30-31/h3-12H,13-16H2,1-2H3,(H2,27,28,29). The summed E-state index contributed by atoms with van der Waals surface area (Å²) in [4.78, 5) is 4.21. The SMILES string of the molecule is CN=C(NCc1ccccc1Cn1cccn1)NCc1ccc(C)cc1OCC(F)(F)F. The lowest BCUT2D eigenvalue weighted by molar-refractivity contribution is -0.153. The van der Waals surface area contributed by atoms with E-state index in [1.807, 2.05) is 47.3 Å². The Balaban J connectivity index is 1.61. The fourth-order valence-electron chi connectivity index (χ4n) is 3.13. The Morgan fingerprint density at radius 2 is 1.75 bits per heavy atom. The van der Waals surface area contributed by atoms with E-state index in [9.17, 15) is 13.2 Å². The van der Waals surface area contributed by atoms with Crippen molar-refractivity contribution in [3.05, 3.63) is 83.2 Å². The molecule has 9 heteroatoms. The second-order valence-electron chi connectivity index (χ2n) is 7.27. The highest BCUT2D eigenvalue weighted by molar-refractivity contribution is 5.79. The van der Waals surface area contributed by atoms with E-state index in [-0.39, 0.29) is 12.3 Å². The number of benzene rings is 2. The van der Waals surface area contributed by atoms with Crippen LogP contribution < -0.4 is 15.4 Å². The molecule has 1 aromatic heterocycles. The highest BCUT2D eigenvalue weighted by Gasteiger charge is 2.28. The molecule has 0 unspecified atom stereocenters. The monoisotopic (exact) mass is 445 g/mol. The van der Waals surface area contributed by atoms with Gasteiger partial charge in [-0.2, -0.15) is 18.3 Å². The molecule has 0 aliphatic rings. The topological polar surface area (TPSA) is 63.5 Å². The van der Waals surface area contributed by atoms with Gasteiger partial charge in [-0.15, -0.1) is 0 Å². The lowest BCUT2D eigenvalue weighted by Crippen LogP contribution is -2.36. The van der Waals surface area contributed by atoms with Gasteiger partial charge in [-0.3, -0.25) is 9.67 Å². The largest absolute Gasteiger partial charge is 0.484 e. The van der Waals surface area contributed by atoms with E-state index in [4.69, 9.17) is 4.74 Å². The Labute approximate surface area is 185 Å². The van der Waals surface area contributed by atoms with Crippen LogP contribution in [0.3, 0.4) is 0 Å². The predicted octanol–water partition coefficient (Wildman–Crippen LogP) is 4.05. The Morgan fingerprint density at radius 1 is 1.03 bits per heavy atom. The predicted molar refractivity (Wildman–Crippen MR) is 118 cm³/mol. The average molecular weight is 445 g/mol. The molecule has 2 aromatic carbocycles. The van der Waals surface area contributed by atoms with Crippen LogP contribution in [0.25, 0.3) is 0 Å². The van der Waals surface area contributed by atoms with Gasteiger partial charge in [0, 0.05) is 38.1 Å². The first-order valence-electron chi connectivity index (χ1n) is 10.1. The van der Waals surface area contributed by atoms with Crippen molar-refractivity contribution in [1.82, 2.24) is 20.4 Å². The summed E-state index contributed by atoms with van der Waals surface area (Å²) in [7, 11) is 1.64. The first-order chi connectivity index (χ1) is 15.3. The van der Waals surface area contributed by atoms with Gasteiger partial charge in [0.15, 0.2) is 12.6 Å². The summed E-state index contributed by atoms with van der Waals surface area (Å²) in [6, 6.07) is 15.1. The smallest absolute Gasteiger partial charge is 0.422 e. The number of guanidine groups is 1. The summed E-state index contributed by atoms with van der Waals surface area (Å²) in [6.07, 6.45) is -0.745. The minimum absolute atomic E-state index is 0.204. The Hall–Kier alpha value is -3.49. The molecule has 0 radical (unpaired) electrons. The Morgan fingerprint density at radius 3 is 2.41 bits per heavy atom. The molecule has 0 fully saturated rings. The molecule has 0 aliphatic carbocycles. The number of ether oxygens (including phenoxy) is 1. The summed E-state index contributed by atoms with van der Waals surface area (Å²) in [5, 5.41) is 10.6. The number of nitrogens with one attached hydrogen (secondary N) is 2. The minimum Gasteiger partial charge on any atom is -0.484 e. The van der Waals surface area contributed by atoms with Crippen molar-refractivity contribution in [1.29, 1.82) is 0 Å². The third-order valence-electron chi connectivity index (χ3n) is 4.74. The van der Waals surface area contributed by atoms with E-state index in [0.29, 0.717) is 24.6 Å². The van der Waals surface area contributed by atoms with E-state index >= 15 is 0 Å². The molecular formula is C23H26F3N5O. The summed E-state index contributed by atoms with van der Waals surface area (Å²) >= 11 is 0. The van der Waals surface area contributed by atoms with Gasteiger partial charge in [-0.25, -0.2) is 0 Å². The first-order valence-corrected chi connectivity index (χ1v) is 10.1. The van der Waals surface area contributed by atoms with Gasteiger partial charge in [0.1, 0.15) is 5.75 Å². The van der Waals surface area contributed by atoms with Gasteiger partial charge in [-0.05, 0) is 35.7 Å². The molecule has 0 bridgehead atoms. The van der Waals surface area contributed by atoms with Crippen LogP contribution in [0.5, 0.6) is 5.75 Å². The number of aryl methyl sites for hydroxylation is 1. The molecule has 0 amide bonds. The number of aliphatic imine (C=N–C) groups is 1. The maximum Gasteiger partial charge on any atom is 0.422 e. The van der Waals surface area contributed by atoms with E-state index in [1.165, 1.54) is 0 Å². The quantitative estimate of drug-likeness (QED) is 0.406. The van der Waals surface area contributed by atoms with Gasteiger partial charge in [0.25, 0.3) is 0 Å². The second-order valence-corrected chi connectivity index (χ2v) is 7.27. The van der Waals surface area contributed by atoms with Gasteiger partial charge in [-0.1, -0.05) is 36.4 Å². The number of nitrogens with zero attached hydrogens (tertiary/aromatic N) is 3. The maximum absolute atomic E-state index is 12.6.